The van der Waals surface area contributed by atoms with Gasteiger partial charge in [0.1, 0.15) is 6.04 Å². The van der Waals surface area contributed by atoms with Crippen LogP contribution in [0.25, 0.3) is 0 Å². The molecule has 1 saturated heterocycles. The van der Waals surface area contributed by atoms with Gasteiger partial charge < -0.3 is 10.6 Å². The lowest BCUT2D eigenvalue weighted by atomic mass is 9.98. The lowest BCUT2D eigenvalue weighted by molar-refractivity contribution is -0.122. The molecule has 0 radical (unpaired) electrons. The highest BCUT2D eigenvalue weighted by molar-refractivity contribution is 7.92. The smallest absolute Gasteiger partial charge is 0.242 e. The van der Waals surface area contributed by atoms with Crippen molar-refractivity contribution in [2.45, 2.75) is 37.0 Å². The van der Waals surface area contributed by atoms with Crippen molar-refractivity contribution in [3.8, 4) is 0 Å². The number of amides is 1. The molecule has 1 amide bonds. The maximum atomic E-state index is 12.2. The average Bonchev–Trinajstić information content (AvgIpc) is 2.83. The van der Waals surface area contributed by atoms with Crippen molar-refractivity contribution in [3.05, 3.63) is 29.8 Å². The second-order valence-corrected chi connectivity index (χ2v) is 8.17. The Balaban J connectivity index is 1.57. The SMILES string of the molecule is O=C(NCC1CCCS1(=O)=O)C1CCc2ccccc2N1. The van der Waals surface area contributed by atoms with Crippen LogP contribution in [0, 0.1) is 0 Å². The van der Waals surface area contributed by atoms with E-state index in [1.54, 1.807) is 0 Å². The zero-order valence-corrected chi connectivity index (χ0v) is 12.7. The van der Waals surface area contributed by atoms with Crippen molar-refractivity contribution < 1.29 is 13.2 Å². The lowest BCUT2D eigenvalue weighted by Crippen LogP contribution is -2.44. The highest BCUT2D eigenvalue weighted by Crippen LogP contribution is 2.24. The molecule has 5 nitrogen and oxygen atoms in total. The summed E-state index contributed by atoms with van der Waals surface area (Å²) in [6.07, 6.45) is 2.96. The Labute approximate surface area is 125 Å². The quantitative estimate of drug-likeness (QED) is 0.877. The maximum absolute atomic E-state index is 12.2. The zero-order valence-electron chi connectivity index (χ0n) is 11.8. The predicted octanol–water partition coefficient (Wildman–Crippen LogP) is 1.11. The molecule has 2 N–H and O–H groups in total. The molecular weight excluding hydrogens is 288 g/mol. The van der Waals surface area contributed by atoms with Gasteiger partial charge in [-0.1, -0.05) is 18.2 Å². The van der Waals surface area contributed by atoms with Crippen molar-refractivity contribution in [1.82, 2.24) is 5.32 Å². The van der Waals surface area contributed by atoms with Crippen molar-refractivity contribution in [1.29, 1.82) is 0 Å². The van der Waals surface area contributed by atoms with Crippen LogP contribution in [0.3, 0.4) is 0 Å². The summed E-state index contributed by atoms with van der Waals surface area (Å²) in [6, 6.07) is 7.69. The molecule has 1 aromatic carbocycles. The largest absolute Gasteiger partial charge is 0.373 e. The van der Waals surface area contributed by atoms with Crippen molar-refractivity contribution in [3.63, 3.8) is 0 Å². The molecule has 2 heterocycles. The molecule has 2 atom stereocenters. The molecule has 0 aliphatic carbocycles. The number of aryl methyl sites for hydroxylation is 1. The number of hydrogen-bond donors (Lipinski definition) is 2. The molecule has 2 aliphatic rings. The van der Waals surface area contributed by atoms with Crippen molar-refractivity contribution in [2.75, 3.05) is 17.6 Å². The second kappa shape index (κ2) is 5.67. The minimum Gasteiger partial charge on any atom is -0.373 e. The molecule has 0 aromatic heterocycles. The Morgan fingerprint density at radius 3 is 2.86 bits per heavy atom. The normalized spacial score (nSPS) is 26.7. The number of sulfone groups is 1. The molecule has 114 valence electrons. The fourth-order valence-electron chi connectivity index (χ4n) is 3.06. The Hall–Kier alpha value is -1.56. The van der Waals surface area contributed by atoms with E-state index in [0.29, 0.717) is 12.8 Å². The molecule has 1 aromatic rings. The first-order chi connectivity index (χ1) is 10.1. The molecule has 2 aliphatic heterocycles. The lowest BCUT2D eigenvalue weighted by Gasteiger charge is -2.26. The van der Waals surface area contributed by atoms with Gasteiger partial charge >= 0.3 is 0 Å². The topological polar surface area (TPSA) is 75.3 Å². The molecule has 0 spiro atoms. The monoisotopic (exact) mass is 308 g/mol. The summed E-state index contributed by atoms with van der Waals surface area (Å²) in [4.78, 5) is 12.2. The van der Waals surface area contributed by atoms with Gasteiger partial charge in [-0.2, -0.15) is 0 Å². The van der Waals surface area contributed by atoms with E-state index >= 15 is 0 Å². The summed E-state index contributed by atoms with van der Waals surface area (Å²) in [5, 5.41) is 5.63. The first kappa shape index (κ1) is 14.4. The predicted molar refractivity (Wildman–Crippen MR) is 82.0 cm³/mol. The van der Waals surface area contributed by atoms with E-state index in [9.17, 15) is 13.2 Å². The fraction of sp³-hybridized carbons (Fsp3) is 0.533. The van der Waals surface area contributed by atoms with Crippen LogP contribution in [-0.4, -0.2) is 37.9 Å². The molecule has 0 bridgehead atoms. The molecule has 6 heteroatoms. The van der Waals surface area contributed by atoms with Crippen LogP contribution in [-0.2, 0) is 21.1 Å². The highest BCUT2D eigenvalue weighted by Gasteiger charge is 2.32. The van der Waals surface area contributed by atoms with Gasteiger partial charge in [-0.25, -0.2) is 8.42 Å². The van der Waals surface area contributed by atoms with Crippen LogP contribution in [0.15, 0.2) is 24.3 Å². The summed E-state index contributed by atoms with van der Waals surface area (Å²) in [7, 11) is -3.00. The van der Waals surface area contributed by atoms with Gasteiger partial charge in [0.15, 0.2) is 9.84 Å². The van der Waals surface area contributed by atoms with Crippen molar-refractivity contribution in [2.24, 2.45) is 0 Å². The van der Waals surface area contributed by atoms with Crippen molar-refractivity contribution >= 4 is 21.4 Å². The molecule has 2 unspecified atom stereocenters. The number of carbonyl (C=O) groups is 1. The van der Waals surface area contributed by atoms with Crippen LogP contribution in [0.5, 0.6) is 0 Å². The van der Waals surface area contributed by atoms with E-state index in [4.69, 9.17) is 0 Å². The number of benzene rings is 1. The summed E-state index contributed by atoms with van der Waals surface area (Å²) in [5.74, 6) is 0.148. The summed E-state index contributed by atoms with van der Waals surface area (Å²) in [5.41, 5.74) is 2.22. The molecule has 1 fully saturated rings. The van der Waals surface area contributed by atoms with E-state index < -0.39 is 15.1 Å². The van der Waals surface area contributed by atoms with Crippen LogP contribution in [0.2, 0.25) is 0 Å². The van der Waals surface area contributed by atoms with Gasteiger partial charge in [-0.3, -0.25) is 4.79 Å². The number of fused-ring (bicyclic) bond motifs is 1. The Morgan fingerprint density at radius 1 is 1.29 bits per heavy atom. The van der Waals surface area contributed by atoms with Gasteiger partial charge in [-0.15, -0.1) is 0 Å². The zero-order chi connectivity index (χ0) is 14.9. The number of rotatable bonds is 3. The van der Waals surface area contributed by atoms with Crippen LogP contribution < -0.4 is 10.6 Å². The number of anilines is 1. The first-order valence-electron chi connectivity index (χ1n) is 7.40. The third kappa shape index (κ3) is 3.05. The van der Waals surface area contributed by atoms with Gasteiger partial charge in [0, 0.05) is 12.2 Å². The number of carbonyl (C=O) groups excluding carboxylic acids is 1. The van der Waals surface area contributed by atoms with E-state index in [0.717, 1.165) is 18.5 Å². The van der Waals surface area contributed by atoms with E-state index in [-0.39, 0.29) is 24.2 Å². The average molecular weight is 308 g/mol. The first-order valence-corrected chi connectivity index (χ1v) is 9.11. The number of nitrogens with one attached hydrogen (secondary N) is 2. The van der Waals surface area contributed by atoms with Gasteiger partial charge in [0.2, 0.25) is 5.91 Å². The third-order valence-electron chi connectivity index (χ3n) is 4.33. The minimum atomic E-state index is -3.00. The van der Waals surface area contributed by atoms with Crippen LogP contribution >= 0.6 is 0 Å². The van der Waals surface area contributed by atoms with Crippen LogP contribution in [0.4, 0.5) is 5.69 Å². The minimum absolute atomic E-state index is 0.105. The van der Waals surface area contributed by atoms with E-state index in [1.807, 2.05) is 18.2 Å². The maximum Gasteiger partial charge on any atom is 0.242 e. The summed E-state index contributed by atoms with van der Waals surface area (Å²) < 4.78 is 23.5. The summed E-state index contributed by atoms with van der Waals surface area (Å²) >= 11 is 0. The van der Waals surface area contributed by atoms with E-state index in [1.165, 1.54) is 5.56 Å². The Morgan fingerprint density at radius 2 is 2.10 bits per heavy atom. The van der Waals surface area contributed by atoms with Gasteiger partial charge in [0.05, 0.1) is 11.0 Å². The molecule has 21 heavy (non-hydrogen) atoms. The number of para-hydroxylation sites is 1. The van der Waals surface area contributed by atoms with Gasteiger partial charge in [0.25, 0.3) is 0 Å². The molecule has 0 saturated carbocycles. The fourth-order valence-corrected chi connectivity index (χ4v) is 4.83. The van der Waals surface area contributed by atoms with E-state index in [2.05, 4.69) is 16.7 Å². The summed E-state index contributed by atoms with van der Waals surface area (Å²) in [6.45, 7) is 0.237. The second-order valence-electron chi connectivity index (χ2n) is 5.77. The van der Waals surface area contributed by atoms with Crippen LogP contribution in [0.1, 0.15) is 24.8 Å². The Kier molecular flexibility index (Phi) is 3.89. The molecular formula is C15H20N2O3S. The third-order valence-corrected chi connectivity index (χ3v) is 6.61. The number of hydrogen-bond acceptors (Lipinski definition) is 4. The van der Waals surface area contributed by atoms with Gasteiger partial charge in [-0.05, 0) is 37.3 Å². The standard InChI is InChI=1S/C15H20N2O3S/c18-15(16-10-12-5-3-9-21(12,19)20)14-8-7-11-4-1-2-6-13(11)17-14/h1-2,4,6,12,14,17H,3,5,7-10H2,(H,16,18). The molecule has 3 rings (SSSR count). The Bertz CT molecular complexity index is 642. The highest BCUT2D eigenvalue weighted by atomic mass is 32.2.